The van der Waals surface area contributed by atoms with E-state index in [0.717, 1.165) is 17.7 Å². The van der Waals surface area contributed by atoms with E-state index in [4.69, 9.17) is 0 Å². The van der Waals surface area contributed by atoms with Crippen molar-refractivity contribution < 1.29 is 9.59 Å². The molecule has 0 radical (unpaired) electrons. The summed E-state index contributed by atoms with van der Waals surface area (Å²) in [5.41, 5.74) is 2.12. The summed E-state index contributed by atoms with van der Waals surface area (Å²) >= 11 is 0. The number of hydrogen-bond donors (Lipinski definition) is 1. The van der Waals surface area contributed by atoms with Crippen molar-refractivity contribution in [3.8, 4) is 0 Å². The normalized spacial score (nSPS) is 21.2. The lowest BCUT2D eigenvalue weighted by atomic mass is 9.83. The Labute approximate surface area is 170 Å². The van der Waals surface area contributed by atoms with Gasteiger partial charge in [-0.15, -0.1) is 0 Å². The van der Waals surface area contributed by atoms with Crippen LogP contribution in [0.2, 0.25) is 0 Å². The van der Waals surface area contributed by atoms with Crippen LogP contribution in [0.5, 0.6) is 0 Å². The lowest BCUT2D eigenvalue weighted by Gasteiger charge is -2.42. The van der Waals surface area contributed by atoms with Crippen molar-refractivity contribution in [2.24, 2.45) is 5.92 Å². The molecule has 0 saturated carbocycles. The number of amides is 2. The van der Waals surface area contributed by atoms with E-state index in [2.05, 4.69) is 5.32 Å². The maximum absolute atomic E-state index is 12.7. The molecule has 1 aromatic heterocycles. The number of aromatic nitrogens is 1. The first-order chi connectivity index (χ1) is 14.0. The summed E-state index contributed by atoms with van der Waals surface area (Å²) in [6.07, 6.45) is 1.43. The number of benzene rings is 1. The van der Waals surface area contributed by atoms with Gasteiger partial charge in [-0.25, -0.2) is 0 Å². The topological polar surface area (TPSA) is 71.4 Å². The number of pyridine rings is 1. The van der Waals surface area contributed by atoms with Gasteiger partial charge in [-0.05, 0) is 30.9 Å². The quantitative estimate of drug-likeness (QED) is 0.848. The summed E-state index contributed by atoms with van der Waals surface area (Å²) in [6, 6.07) is 15.1. The highest BCUT2D eigenvalue weighted by Gasteiger charge is 2.36. The third-order valence-corrected chi connectivity index (χ3v) is 6.08. The minimum Gasteiger partial charge on any atom is -0.350 e. The first-order valence-corrected chi connectivity index (χ1v) is 10.3. The van der Waals surface area contributed by atoms with Gasteiger partial charge in [-0.2, -0.15) is 0 Å². The average molecular weight is 393 g/mol. The Bertz CT molecular complexity index is 953. The summed E-state index contributed by atoms with van der Waals surface area (Å²) in [5, 5.41) is 2.97. The highest BCUT2D eigenvalue weighted by Crippen LogP contribution is 2.35. The molecule has 1 aromatic carbocycles. The summed E-state index contributed by atoms with van der Waals surface area (Å²) in [7, 11) is 0. The Hall–Kier alpha value is -2.89. The van der Waals surface area contributed by atoms with Crippen LogP contribution in [0, 0.1) is 5.92 Å². The second kappa shape index (κ2) is 8.23. The molecule has 2 amide bonds. The molecule has 1 N–H and O–H groups in total. The largest absolute Gasteiger partial charge is 0.350 e. The van der Waals surface area contributed by atoms with Crippen molar-refractivity contribution in [2.75, 3.05) is 13.1 Å². The Kier molecular flexibility index (Phi) is 5.51. The fourth-order valence-electron chi connectivity index (χ4n) is 4.62. The molecule has 3 heterocycles. The average Bonchev–Trinajstić information content (AvgIpc) is 2.73. The third kappa shape index (κ3) is 4.26. The van der Waals surface area contributed by atoms with Gasteiger partial charge >= 0.3 is 0 Å². The second-order valence-electron chi connectivity index (χ2n) is 8.20. The molecular weight excluding hydrogens is 366 g/mol. The number of piperidine rings is 1. The number of rotatable bonds is 5. The SMILES string of the molecule is C[C@H](NC(=O)CCC(=O)N1C[C@@H]2C[C@H](C1)c1cccc(=O)n1C2)c1ccccc1. The van der Waals surface area contributed by atoms with Gasteiger partial charge in [0, 0.05) is 50.2 Å². The Morgan fingerprint density at radius 2 is 1.83 bits per heavy atom. The highest BCUT2D eigenvalue weighted by atomic mass is 16.2. The number of carbonyl (C=O) groups is 2. The van der Waals surface area contributed by atoms with Gasteiger partial charge < -0.3 is 14.8 Å². The predicted molar refractivity (Wildman–Crippen MR) is 110 cm³/mol. The van der Waals surface area contributed by atoms with Crippen molar-refractivity contribution in [1.29, 1.82) is 0 Å². The van der Waals surface area contributed by atoms with E-state index in [0.29, 0.717) is 25.6 Å². The van der Waals surface area contributed by atoms with Gasteiger partial charge in [-0.3, -0.25) is 14.4 Å². The fraction of sp³-hybridized carbons (Fsp3) is 0.435. The maximum Gasteiger partial charge on any atom is 0.250 e. The molecule has 0 aliphatic carbocycles. The van der Waals surface area contributed by atoms with Crippen LogP contribution >= 0.6 is 0 Å². The predicted octanol–water partition coefficient (Wildman–Crippen LogP) is 2.45. The highest BCUT2D eigenvalue weighted by molar-refractivity contribution is 5.84. The monoisotopic (exact) mass is 393 g/mol. The molecule has 4 rings (SSSR count). The van der Waals surface area contributed by atoms with Crippen LogP contribution in [0.1, 0.15) is 49.4 Å². The molecule has 2 aromatic rings. The van der Waals surface area contributed by atoms with Crippen molar-refractivity contribution >= 4 is 11.8 Å². The van der Waals surface area contributed by atoms with Crippen LogP contribution in [-0.2, 0) is 16.1 Å². The van der Waals surface area contributed by atoms with E-state index in [1.165, 1.54) is 0 Å². The summed E-state index contributed by atoms with van der Waals surface area (Å²) in [5.74, 6) is 0.419. The molecule has 3 atom stereocenters. The number of nitrogens with zero attached hydrogens (tertiary/aromatic N) is 2. The standard InChI is InChI=1S/C23H27N3O3/c1-16(18-6-3-2-4-7-18)24-21(27)10-11-22(28)25-13-17-12-19(15-25)20-8-5-9-23(29)26(20)14-17/h2-9,16-17,19H,10-15H2,1H3,(H,24,27)/t16-,17-,19+/m0/s1. The number of hydrogen-bond acceptors (Lipinski definition) is 3. The van der Waals surface area contributed by atoms with E-state index in [9.17, 15) is 14.4 Å². The summed E-state index contributed by atoms with van der Waals surface area (Å²) in [4.78, 5) is 39.0. The molecule has 152 valence electrons. The van der Waals surface area contributed by atoms with Crippen LogP contribution in [0.15, 0.2) is 53.3 Å². The van der Waals surface area contributed by atoms with Gasteiger partial charge in [-0.1, -0.05) is 36.4 Å². The van der Waals surface area contributed by atoms with Gasteiger partial charge in [0.1, 0.15) is 0 Å². The molecule has 2 bridgehead atoms. The zero-order chi connectivity index (χ0) is 20.4. The minimum absolute atomic E-state index is 0.0222. The molecule has 6 heteroatoms. The fourth-order valence-corrected chi connectivity index (χ4v) is 4.62. The zero-order valence-corrected chi connectivity index (χ0v) is 16.7. The molecule has 29 heavy (non-hydrogen) atoms. The maximum atomic E-state index is 12.7. The van der Waals surface area contributed by atoms with Gasteiger partial charge in [0.25, 0.3) is 5.56 Å². The Morgan fingerprint density at radius 3 is 2.62 bits per heavy atom. The smallest absolute Gasteiger partial charge is 0.250 e. The molecule has 0 spiro atoms. The van der Waals surface area contributed by atoms with Crippen molar-refractivity contribution in [1.82, 2.24) is 14.8 Å². The molecular formula is C23H27N3O3. The molecule has 1 fully saturated rings. The molecule has 0 unspecified atom stereocenters. The van der Waals surface area contributed by atoms with Crippen LogP contribution in [0.25, 0.3) is 0 Å². The number of carbonyl (C=O) groups excluding carboxylic acids is 2. The molecule has 6 nitrogen and oxygen atoms in total. The van der Waals surface area contributed by atoms with E-state index in [1.807, 2.05) is 52.8 Å². The number of fused-ring (bicyclic) bond motifs is 4. The van der Waals surface area contributed by atoms with E-state index < -0.39 is 0 Å². The Balaban J connectivity index is 1.32. The van der Waals surface area contributed by atoms with E-state index in [-0.39, 0.29) is 42.2 Å². The van der Waals surface area contributed by atoms with Crippen molar-refractivity contribution in [3.63, 3.8) is 0 Å². The molecule has 1 saturated heterocycles. The van der Waals surface area contributed by atoms with Crippen molar-refractivity contribution in [2.45, 2.75) is 44.7 Å². The first kappa shape index (κ1) is 19.4. The van der Waals surface area contributed by atoms with Crippen LogP contribution in [-0.4, -0.2) is 34.4 Å². The molecule has 2 aliphatic heterocycles. The third-order valence-electron chi connectivity index (χ3n) is 6.08. The van der Waals surface area contributed by atoms with Crippen LogP contribution in [0.4, 0.5) is 0 Å². The number of nitrogens with one attached hydrogen (secondary N) is 1. The Morgan fingerprint density at radius 1 is 1.03 bits per heavy atom. The van der Waals surface area contributed by atoms with E-state index >= 15 is 0 Å². The van der Waals surface area contributed by atoms with E-state index in [1.54, 1.807) is 12.1 Å². The first-order valence-electron chi connectivity index (χ1n) is 10.3. The van der Waals surface area contributed by atoms with Crippen LogP contribution in [0.3, 0.4) is 0 Å². The summed E-state index contributed by atoms with van der Waals surface area (Å²) < 4.78 is 1.86. The van der Waals surface area contributed by atoms with Crippen LogP contribution < -0.4 is 10.9 Å². The number of likely N-dealkylation sites (tertiary alicyclic amines) is 1. The zero-order valence-electron chi connectivity index (χ0n) is 16.7. The van der Waals surface area contributed by atoms with Gasteiger partial charge in [0.15, 0.2) is 0 Å². The lowest BCUT2D eigenvalue weighted by molar-refractivity contribution is -0.136. The van der Waals surface area contributed by atoms with Gasteiger partial charge in [0.2, 0.25) is 11.8 Å². The van der Waals surface area contributed by atoms with Crippen molar-refractivity contribution in [3.05, 3.63) is 70.1 Å². The summed E-state index contributed by atoms with van der Waals surface area (Å²) in [6.45, 7) is 3.91. The van der Waals surface area contributed by atoms with Gasteiger partial charge in [0.05, 0.1) is 6.04 Å². The lowest BCUT2D eigenvalue weighted by Crippen LogP contribution is -2.49. The second-order valence-corrected chi connectivity index (χ2v) is 8.20. The minimum atomic E-state index is -0.108. The molecule has 2 aliphatic rings.